The Labute approximate surface area is 142 Å². The number of hydrogen-bond acceptors (Lipinski definition) is 8. The van der Waals surface area contributed by atoms with Gasteiger partial charge in [-0.25, -0.2) is 9.59 Å². The largest absolute Gasteiger partial charge is 0.464 e. The van der Waals surface area contributed by atoms with Gasteiger partial charge in [0.15, 0.2) is 12.2 Å². The van der Waals surface area contributed by atoms with Crippen LogP contribution in [0, 0.1) is 0 Å². The first-order valence-corrected chi connectivity index (χ1v) is 8.42. The summed E-state index contributed by atoms with van der Waals surface area (Å²) in [4.78, 5) is 22.9. The zero-order valence-corrected chi connectivity index (χ0v) is 14.4. The van der Waals surface area contributed by atoms with E-state index in [0.717, 1.165) is 32.1 Å². The van der Waals surface area contributed by atoms with Crippen molar-refractivity contribution in [3.63, 3.8) is 0 Å². The molecule has 0 unspecified atom stereocenters. The smallest absolute Gasteiger partial charge is 0.337 e. The summed E-state index contributed by atoms with van der Waals surface area (Å²) in [5, 5.41) is 38.4. The van der Waals surface area contributed by atoms with Crippen LogP contribution in [0.15, 0.2) is 0 Å². The highest BCUT2D eigenvalue weighted by molar-refractivity contribution is 5.77. The van der Waals surface area contributed by atoms with E-state index in [1.165, 1.54) is 6.92 Å². The molecule has 0 aromatic heterocycles. The molecule has 0 rings (SSSR count). The van der Waals surface area contributed by atoms with E-state index in [0.29, 0.717) is 6.42 Å². The van der Waals surface area contributed by atoms with E-state index >= 15 is 0 Å². The lowest BCUT2D eigenvalue weighted by Gasteiger charge is -2.24. The predicted octanol–water partition coefficient (Wildman–Crippen LogP) is -0.103. The van der Waals surface area contributed by atoms with Gasteiger partial charge < -0.3 is 29.9 Å². The Morgan fingerprint density at radius 1 is 0.750 bits per heavy atom. The number of carbonyl (C=O) groups excluding carboxylic acids is 2. The molecule has 0 saturated heterocycles. The summed E-state index contributed by atoms with van der Waals surface area (Å²) in [6.45, 7) is 3.68. The van der Waals surface area contributed by atoms with Crippen LogP contribution in [0.4, 0.5) is 0 Å². The number of aliphatic hydroxyl groups is 4. The summed E-state index contributed by atoms with van der Waals surface area (Å²) in [6.07, 6.45) is -2.32. The molecule has 24 heavy (non-hydrogen) atoms. The van der Waals surface area contributed by atoms with Crippen LogP contribution < -0.4 is 0 Å². The van der Waals surface area contributed by atoms with Gasteiger partial charge in [-0.05, 0) is 13.3 Å². The maximum Gasteiger partial charge on any atom is 0.337 e. The topological polar surface area (TPSA) is 134 Å². The van der Waals surface area contributed by atoms with Crippen molar-refractivity contribution in [2.45, 2.75) is 76.8 Å². The second-order valence-electron chi connectivity index (χ2n) is 5.56. The molecule has 0 radical (unpaired) electrons. The van der Waals surface area contributed by atoms with Gasteiger partial charge in [0.2, 0.25) is 0 Å². The first kappa shape index (κ1) is 22.8. The Balaban J connectivity index is 4.14. The fraction of sp³-hybridized carbons (Fsp3) is 0.875. The van der Waals surface area contributed by atoms with E-state index in [2.05, 4.69) is 11.7 Å². The molecule has 142 valence electrons. The number of aliphatic hydroxyl groups excluding tert-OH is 4. The minimum Gasteiger partial charge on any atom is -0.464 e. The number of rotatable bonds is 13. The van der Waals surface area contributed by atoms with Gasteiger partial charge in [0, 0.05) is 0 Å². The van der Waals surface area contributed by atoms with Crippen molar-refractivity contribution in [2.24, 2.45) is 0 Å². The average molecular weight is 350 g/mol. The van der Waals surface area contributed by atoms with Crippen molar-refractivity contribution < 1.29 is 39.5 Å². The predicted molar refractivity (Wildman–Crippen MR) is 85.0 cm³/mol. The van der Waals surface area contributed by atoms with E-state index in [-0.39, 0.29) is 13.2 Å². The Morgan fingerprint density at radius 2 is 1.21 bits per heavy atom. The van der Waals surface area contributed by atoms with Crippen molar-refractivity contribution in [2.75, 3.05) is 13.2 Å². The fourth-order valence-electron chi connectivity index (χ4n) is 2.02. The molecule has 0 aromatic rings. The van der Waals surface area contributed by atoms with E-state index in [4.69, 9.17) is 4.74 Å². The van der Waals surface area contributed by atoms with Gasteiger partial charge in [0.05, 0.1) is 13.2 Å². The van der Waals surface area contributed by atoms with Crippen LogP contribution in [0.5, 0.6) is 0 Å². The Morgan fingerprint density at radius 3 is 1.71 bits per heavy atom. The molecule has 0 amide bonds. The van der Waals surface area contributed by atoms with Crippen LogP contribution in [0.1, 0.15) is 52.4 Å². The molecule has 4 atom stereocenters. The molecule has 0 spiro atoms. The summed E-state index contributed by atoms with van der Waals surface area (Å²) in [6, 6.07) is 0. The van der Waals surface area contributed by atoms with Crippen molar-refractivity contribution in [1.82, 2.24) is 0 Å². The zero-order valence-electron chi connectivity index (χ0n) is 14.4. The summed E-state index contributed by atoms with van der Waals surface area (Å²) in [5.41, 5.74) is 0. The van der Waals surface area contributed by atoms with Crippen molar-refractivity contribution in [3.05, 3.63) is 0 Å². The van der Waals surface area contributed by atoms with E-state index in [1.54, 1.807) is 0 Å². The standard InChI is InChI=1S/C16H30O8/c1-3-5-6-7-8-9-10-24-16(22)14(20)12(18)11(17)13(19)15(21)23-4-2/h11-14,17-20H,3-10H2,1-2H3/t11-,12+,13+,14-/m0/s1. The number of carbonyl (C=O) groups is 2. The first-order valence-electron chi connectivity index (χ1n) is 8.42. The molecule has 0 aliphatic heterocycles. The highest BCUT2D eigenvalue weighted by atomic mass is 16.6. The number of ether oxygens (including phenoxy) is 2. The third-order valence-electron chi connectivity index (χ3n) is 3.51. The molecule has 0 fully saturated rings. The van der Waals surface area contributed by atoms with E-state index < -0.39 is 36.4 Å². The average Bonchev–Trinajstić information content (AvgIpc) is 2.58. The quantitative estimate of drug-likeness (QED) is 0.267. The van der Waals surface area contributed by atoms with Gasteiger partial charge in [-0.15, -0.1) is 0 Å². The molecule has 0 bridgehead atoms. The second-order valence-corrected chi connectivity index (χ2v) is 5.56. The van der Waals surface area contributed by atoms with Crippen LogP contribution in [-0.4, -0.2) is 70.0 Å². The van der Waals surface area contributed by atoms with Crippen LogP contribution in [0.25, 0.3) is 0 Å². The van der Waals surface area contributed by atoms with Crippen LogP contribution in [0.3, 0.4) is 0 Å². The third kappa shape index (κ3) is 8.58. The monoisotopic (exact) mass is 350 g/mol. The third-order valence-corrected chi connectivity index (χ3v) is 3.51. The normalized spacial score (nSPS) is 16.1. The second kappa shape index (κ2) is 13.1. The van der Waals surface area contributed by atoms with Crippen LogP contribution >= 0.6 is 0 Å². The summed E-state index contributed by atoms with van der Waals surface area (Å²) in [7, 11) is 0. The van der Waals surface area contributed by atoms with Crippen LogP contribution in [0.2, 0.25) is 0 Å². The van der Waals surface area contributed by atoms with Gasteiger partial charge in [-0.3, -0.25) is 0 Å². The van der Waals surface area contributed by atoms with E-state index in [1.807, 2.05) is 0 Å². The molecular formula is C16H30O8. The van der Waals surface area contributed by atoms with Gasteiger partial charge in [0.1, 0.15) is 12.2 Å². The van der Waals surface area contributed by atoms with Crippen molar-refractivity contribution in [3.8, 4) is 0 Å². The SMILES string of the molecule is CCCCCCCCOC(=O)[C@@H](O)[C@H](O)[C@H](O)[C@@H](O)C(=O)OCC. The Bertz CT molecular complexity index is 360. The molecule has 0 aliphatic carbocycles. The van der Waals surface area contributed by atoms with Gasteiger partial charge in [-0.2, -0.15) is 0 Å². The zero-order chi connectivity index (χ0) is 18.5. The van der Waals surface area contributed by atoms with Gasteiger partial charge in [-0.1, -0.05) is 39.0 Å². The number of hydrogen-bond donors (Lipinski definition) is 4. The lowest BCUT2D eigenvalue weighted by atomic mass is 10.0. The Hall–Kier alpha value is -1.22. The van der Waals surface area contributed by atoms with Gasteiger partial charge in [0.25, 0.3) is 0 Å². The fourth-order valence-corrected chi connectivity index (χ4v) is 2.02. The highest BCUT2D eigenvalue weighted by Crippen LogP contribution is 2.09. The molecule has 0 heterocycles. The molecular weight excluding hydrogens is 320 g/mol. The van der Waals surface area contributed by atoms with Crippen LogP contribution in [-0.2, 0) is 19.1 Å². The maximum atomic E-state index is 11.6. The maximum absolute atomic E-state index is 11.6. The Kier molecular flexibility index (Phi) is 12.4. The molecule has 0 aliphatic rings. The lowest BCUT2D eigenvalue weighted by molar-refractivity contribution is -0.178. The number of esters is 2. The van der Waals surface area contributed by atoms with Crippen molar-refractivity contribution >= 4 is 11.9 Å². The molecule has 8 heteroatoms. The van der Waals surface area contributed by atoms with Crippen molar-refractivity contribution in [1.29, 1.82) is 0 Å². The molecule has 8 nitrogen and oxygen atoms in total. The van der Waals surface area contributed by atoms with E-state index in [9.17, 15) is 30.0 Å². The first-order chi connectivity index (χ1) is 11.4. The minimum atomic E-state index is -2.07. The summed E-state index contributed by atoms with van der Waals surface area (Å²) in [5.74, 6) is -2.28. The summed E-state index contributed by atoms with van der Waals surface area (Å²) < 4.78 is 9.29. The summed E-state index contributed by atoms with van der Waals surface area (Å²) >= 11 is 0. The molecule has 4 N–H and O–H groups in total. The minimum absolute atomic E-state index is 0.0262. The van der Waals surface area contributed by atoms with Gasteiger partial charge >= 0.3 is 11.9 Å². The molecule has 0 aromatic carbocycles. The lowest BCUT2D eigenvalue weighted by Crippen LogP contribution is -2.50. The highest BCUT2D eigenvalue weighted by Gasteiger charge is 2.38. The molecule has 0 saturated carbocycles. The number of unbranched alkanes of at least 4 members (excludes halogenated alkanes) is 5.